The number of amides is 1. The predicted octanol–water partition coefficient (Wildman–Crippen LogP) is 3.35. The zero-order valence-electron chi connectivity index (χ0n) is 14.3. The molecule has 0 bridgehead atoms. The van der Waals surface area contributed by atoms with Crippen LogP contribution in [0.25, 0.3) is 0 Å². The first-order valence-corrected chi connectivity index (χ1v) is 8.35. The molecule has 0 unspecified atom stereocenters. The van der Waals surface area contributed by atoms with Gasteiger partial charge in [0.2, 0.25) is 5.91 Å². The Bertz CT molecular complexity index is 518. The minimum absolute atomic E-state index is 0.1000. The monoisotopic (exact) mass is 326 g/mol. The van der Waals surface area contributed by atoms with Crippen molar-refractivity contribution in [3.05, 3.63) is 16.1 Å². The standard InChI is InChI=1S/C16H26N2O3S/c1-11(2)7-8-18(15(20)16(3,4)5)9-13-17-12(10-22-13)14(19)21-6/h10-11H,7-9H2,1-6H3. The van der Waals surface area contributed by atoms with Gasteiger partial charge in [-0.1, -0.05) is 34.6 Å². The highest BCUT2D eigenvalue weighted by atomic mass is 32.1. The molecule has 124 valence electrons. The van der Waals surface area contributed by atoms with Crippen molar-refractivity contribution in [2.24, 2.45) is 11.3 Å². The molecular weight excluding hydrogens is 300 g/mol. The molecule has 0 N–H and O–H groups in total. The molecular formula is C16H26N2O3S. The van der Waals surface area contributed by atoms with Crippen LogP contribution < -0.4 is 0 Å². The van der Waals surface area contributed by atoms with Gasteiger partial charge in [0.25, 0.3) is 0 Å². The number of esters is 1. The van der Waals surface area contributed by atoms with Crippen LogP contribution in [-0.2, 0) is 16.1 Å². The fourth-order valence-electron chi connectivity index (χ4n) is 1.89. The number of carbonyl (C=O) groups is 2. The summed E-state index contributed by atoms with van der Waals surface area (Å²) in [7, 11) is 1.33. The van der Waals surface area contributed by atoms with Gasteiger partial charge in [0, 0.05) is 17.3 Å². The van der Waals surface area contributed by atoms with Gasteiger partial charge < -0.3 is 9.64 Å². The van der Waals surface area contributed by atoms with E-state index in [-0.39, 0.29) is 5.91 Å². The molecule has 0 fully saturated rings. The molecule has 6 heteroatoms. The van der Waals surface area contributed by atoms with Gasteiger partial charge in [-0.15, -0.1) is 11.3 Å². The fraction of sp³-hybridized carbons (Fsp3) is 0.688. The molecule has 0 atom stereocenters. The van der Waals surface area contributed by atoms with Crippen molar-refractivity contribution in [3.63, 3.8) is 0 Å². The molecule has 1 rings (SSSR count). The van der Waals surface area contributed by atoms with E-state index in [4.69, 9.17) is 0 Å². The number of nitrogens with zero attached hydrogens (tertiary/aromatic N) is 2. The van der Waals surface area contributed by atoms with Gasteiger partial charge in [-0.25, -0.2) is 9.78 Å². The van der Waals surface area contributed by atoms with E-state index in [1.807, 2.05) is 25.7 Å². The molecule has 5 nitrogen and oxygen atoms in total. The van der Waals surface area contributed by atoms with Crippen LogP contribution >= 0.6 is 11.3 Å². The summed E-state index contributed by atoms with van der Waals surface area (Å²) in [5, 5.41) is 2.42. The van der Waals surface area contributed by atoms with Crippen LogP contribution in [-0.4, -0.2) is 35.4 Å². The number of aromatic nitrogens is 1. The van der Waals surface area contributed by atoms with Crippen LogP contribution in [0, 0.1) is 11.3 Å². The predicted molar refractivity (Wildman–Crippen MR) is 87.8 cm³/mol. The Hall–Kier alpha value is -1.43. The molecule has 0 saturated carbocycles. The Balaban J connectivity index is 2.85. The molecule has 1 aromatic heterocycles. The van der Waals surface area contributed by atoms with Crippen LogP contribution in [0.5, 0.6) is 0 Å². The Morgan fingerprint density at radius 3 is 2.50 bits per heavy atom. The summed E-state index contributed by atoms with van der Waals surface area (Å²) in [6.45, 7) is 11.2. The Morgan fingerprint density at radius 2 is 2.00 bits per heavy atom. The second-order valence-electron chi connectivity index (χ2n) is 6.78. The van der Waals surface area contributed by atoms with Gasteiger partial charge >= 0.3 is 5.97 Å². The van der Waals surface area contributed by atoms with Crippen molar-refractivity contribution in [3.8, 4) is 0 Å². The Kier molecular flexibility index (Phi) is 6.53. The SMILES string of the molecule is COC(=O)c1csc(CN(CCC(C)C)C(=O)C(C)(C)C)n1. The van der Waals surface area contributed by atoms with Crippen molar-refractivity contribution in [1.29, 1.82) is 0 Å². The van der Waals surface area contributed by atoms with Gasteiger partial charge in [0.15, 0.2) is 5.69 Å². The maximum absolute atomic E-state index is 12.6. The normalized spacial score (nSPS) is 11.6. The third-order valence-electron chi connectivity index (χ3n) is 3.18. The van der Waals surface area contributed by atoms with Crippen molar-refractivity contribution in [2.75, 3.05) is 13.7 Å². The summed E-state index contributed by atoms with van der Waals surface area (Å²) in [5.41, 5.74) is -0.131. The lowest BCUT2D eigenvalue weighted by molar-refractivity contribution is -0.140. The van der Waals surface area contributed by atoms with E-state index in [0.717, 1.165) is 11.4 Å². The molecule has 0 saturated heterocycles. The molecule has 0 radical (unpaired) electrons. The van der Waals surface area contributed by atoms with Crippen molar-refractivity contribution < 1.29 is 14.3 Å². The number of ether oxygens (including phenoxy) is 1. The minimum Gasteiger partial charge on any atom is -0.464 e. The van der Waals surface area contributed by atoms with Gasteiger partial charge in [-0.2, -0.15) is 0 Å². The topological polar surface area (TPSA) is 59.5 Å². The molecule has 0 aliphatic rings. The first-order chi connectivity index (χ1) is 10.1. The molecule has 0 aliphatic heterocycles. The second-order valence-corrected chi connectivity index (χ2v) is 7.72. The number of hydrogen-bond donors (Lipinski definition) is 0. The number of thiazole rings is 1. The van der Waals surface area contributed by atoms with E-state index in [0.29, 0.717) is 24.7 Å². The first kappa shape index (κ1) is 18.6. The zero-order chi connectivity index (χ0) is 16.9. The number of carbonyl (C=O) groups excluding carboxylic acids is 2. The van der Waals surface area contributed by atoms with Crippen molar-refractivity contribution in [1.82, 2.24) is 9.88 Å². The summed E-state index contributed by atoms with van der Waals surface area (Å²) >= 11 is 1.38. The van der Waals surface area contributed by atoms with Gasteiger partial charge in [-0.05, 0) is 12.3 Å². The fourth-order valence-corrected chi connectivity index (χ4v) is 2.66. The highest BCUT2D eigenvalue weighted by Crippen LogP contribution is 2.21. The molecule has 1 heterocycles. The third kappa shape index (κ3) is 5.40. The highest BCUT2D eigenvalue weighted by molar-refractivity contribution is 7.09. The quantitative estimate of drug-likeness (QED) is 0.752. The van der Waals surface area contributed by atoms with Crippen molar-refractivity contribution >= 4 is 23.2 Å². The lowest BCUT2D eigenvalue weighted by atomic mass is 9.94. The molecule has 22 heavy (non-hydrogen) atoms. The van der Waals surface area contributed by atoms with Crippen LogP contribution in [0.2, 0.25) is 0 Å². The van der Waals surface area contributed by atoms with E-state index in [9.17, 15) is 9.59 Å². The summed E-state index contributed by atoms with van der Waals surface area (Å²) in [6, 6.07) is 0. The maximum atomic E-state index is 12.6. The third-order valence-corrected chi connectivity index (χ3v) is 4.01. The van der Waals surface area contributed by atoms with E-state index < -0.39 is 11.4 Å². The van der Waals surface area contributed by atoms with E-state index in [2.05, 4.69) is 23.6 Å². The molecule has 0 aromatic carbocycles. The summed E-state index contributed by atoms with van der Waals surface area (Å²) in [6.07, 6.45) is 0.942. The van der Waals surface area contributed by atoms with Gasteiger partial charge in [0.1, 0.15) is 5.01 Å². The average Bonchev–Trinajstić information content (AvgIpc) is 2.89. The van der Waals surface area contributed by atoms with Crippen molar-refractivity contribution in [2.45, 2.75) is 47.6 Å². The second kappa shape index (κ2) is 7.72. The maximum Gasteiger partial charge on any atom is 0.357 e. The molecule has 1 amide bonds. The number of hydrogen-bond acceptors (Lipinski definition) is 5. The largest absolute Gasteiger partial charge is 0.464 e. The summed E-state index contributed by atoms with van der Waals surface area (Å²) in [4.78, 5) is 30.1. The average molecular weight is 326 g/mol. The first-order valence-electron chi connectivity index (χ1n) is 7.47. The van der Waals surface area contributed by atoms with Crippen LogP contribution in [0.3, 0.4) is 0 Å². The number of rotatable bonds is 6. The lowest BCUT2D eigenvalue weighted by Crippen LogP contribution is -2.40. The van der Waals surface area contributed by atoms with Gasteiger partial charge in [0.05, 0.1) is 13.7 Å². The molecule has 1 aromatic rings. The Morgan fingerprint density at radius 1 is 1.36 bits per heavy atom. The molecule has 0 spiro atoms. The summed E-state index contributed by atoms with van der Waals surface area (Å²) < 4.78 is 4.66. The van der Waals surface area contributed by atoms with Crippen LogP contribution in [0.4, 0.5) is 0 Å². The lowest BCUT2D eigenvalue weighted by Gasteiger charge is -2.29. The van der Waals surface area contributed by atoms with Crippen LogP contribution in [0.15, 0.2) is 5.38 Å². The van der Waals surface area contributed by atoms with E-state index in [1.54, 1.807) is 5.38 Å². The van der Waals surface area contributed by atoms with Gasteiger partial charge in [-0.3, -0.25) is 4.79 Å². The minimum atomic E-state index is -0.446. The smallest absolute Gasteiger partial charge is 0.357 e. The summed E-state index contributed by atoms with van der Waals surface area (Å²) in [5.74, 6) is 0.179. The molecule has 0 aliphatic carbocycles. The van der Waals surface area contributed by atoms with E-state index >= 15 is 0 Å². The van der Waals surface area contributed by atoms with E-state index in [1.165, 1.54) is 18.4 Å². The highest BCUT2D eigenvalue weighted by Gasteiger charge is 2.28. The Labute approximate surface area is 136 Å². The number of methoxy groups -OCH3 is 1. The zero-order valence-corrected chi connectivity index (χ0v) is 15.1. The van der Waals surface area contributed by atoms with Crippen LogP contribution in [0.1, 0.15) is 56.5 Å².